The van der Waals surface area contributed by atoms with E-state index < -0.39 is 0 Å². The van der Waals surface area contributed by atoms with Crippen molar-refractivity contribution in [2.45, 2.75) is 25.8 Å². The van der Waals surface area contributed by atoms with Gasteiger partial charge in [0.15, 0.2) is 0 Å². The minimum atomic E-state index is 0.890. The Balaban J connectivity index is 1.73. The number of hydrogen-bond acceptors (Lipinski definition) is 1. The van der Waals surface area contributed by atoms with Gasteiger partial charge in [-0.15, -0.1) is 0 Å². The summed E-state index contributed by atoms with van der Waals surface area (Å²) in [6.07, 6.45) is 3.22. The lowest BCUT2D eigenvalue weighted by Gasteiger charge is -2.26. The van der Waals surface area contributed by atoms with Gasteiger partial charge in [0.25, 0.3) is 0 Å². The largest absolute Gasteiger partial charge is 0.303 e. The molecule has 0 aromatic rings. The topological polar surface area (TPSA) is 3.24 Å². The number of rotatable bonds is 0. The first-order valence-corrected chi connectivity index (χ1v) is 5.97. The molecule has 4 unspecified atom stereocenters. The highest BCUT2D eigenvalue weighted by molar-refractivity contribution is 5.16. The van der Waals surface area contributed by atoms with Crippen LogP contribution in [0.25, 0.3) is 0 Å². The molecule has 1 nitrogen and oxygen atoms in total. The van der Waals surface area contributed by atoms with Crippen molar-refractivity contribution in [1.29, 1.82) is 0 Å². The van der Waals surface area contributed by atoms with Crippen molar-refractivity contribution in [2.75, 3.05) is 13.6 Å². The van der Waals surface area contributed by atoms with Crippen LogP contribution in [-0.2, 0) is 0 Å². The van der Waals surface area contributed by atoms with E-state index in [1.165, 1.54) is 18.4 Å². The van der Waals surface area contributed by atoms with E-state index in [0.29, 0.717) is 0 Å². The fraction of sp³-hybridized carbons (Fsp3) is 1.00. The standard InChI is InChI=1S/C12H19N/c1-6-12-10-4-9(7-3-8(7)10)11(12)5-13(6)2/h6-12H,3-5H2,1-2H3/t6-,7?,8?,9?,10+,11+,12?/m1/s1. The molecule has 3 aliphatic carbocycles. The Morgan fingerprint density at radius 2 is 1.54 bits per heavy atom. The van der Waals surface area contributed by atoms with Crippen molar-refractivity contribution in [3.8, 4) is 0 Å². The second-order valence-corrected chi connectivity index (χ2v) is 6.05. The van der Waals surface area contributed by atoms with Gasteiger partial charge in [0.1, 0.15) is 0 Å². The first-order chi connectivity index (χ1) is 6.27. The van der Waals surface area contributed by atoms with E-state index in [0.717, 1.165) is 29.7 Å². The van der Waals surface area contributed by atoms with Crippen LogP contribution in [0, 0.1) is 35.5 Å². The van der Waals surface area contributed by atoms with E-state index in [1.54, 1.807) is 12.8 Å². The van der Waals surface area contributed by atoms with Gasteiger partial charge >= 0.3 is 0 Å². The lowest BCUT2D eigenvalue weighted by Crippen LogP contribution is -2.29. The maximum absolute atomic E-state index is 2.61. The Kier molecular flexibility index (Phi) is 1.11. The van der Waals surface area contributed by atoms with Crippen LogP contribution in [0.5, 0.6) is 0 Å². The molecule has 4 fully saturated rings. The molecule has 4 rings (SSSR count). The summed E-state index contributed by atoms with van der Waals surface area (Å²) in [6.45, 7) is 3.87. The predicted molar refractivity (Wildman–Crippen MR) is 52.3 cm³/mol. The van der Waals surface area contributed by atoms with Gasteiger partial charge in [-0.2, -0.15) is 0 Å². The molecule has 72 valence electrons. The van der Waals surface area contributed by atoms with E-state index in [9.17, 15) is 0 Å². The quantitative estimate of drug-likeness (QED) is 0.546. The van der Waals surface area contributed by atoms with Crippen molar-refractivity contribution in [2.24, 2.45) is 35.5 Å². The van der Waals surface area contributed by atoms with Gasteiger partial charge in [0, 0.05) is 12.6 Å². The third kappa shape index (κ3) is 0.674. The molecular weight excluding hydrogens is 158 g/mol. The Morgan fingerprint density at radius 3 is 2.38 bits per heavy atom. The summed E-state index contributed by atoms with van der Waals surface area (Å²) < 4.78 is 0. The van der Waals surface area contributed by atoms with Gasteiger partial charge in [-0.05, 0) is 62.3 Å². The smallest absolute Gasteiger partial charge is 0.00982 e. The molecular formula is C12H19N. The fourth-order valence-corrected chi connectivity index (χ4v) is 5.19. The Morgan fingerprint density at radius 1 is 0.923 bits per heavy atom. The maximum Gasteiger partial charge on any atom is 0.00982 e. The lowest BCUT2D eigenvalue weighted by molar-refractivity contribution is 0.222. The molecule has 1 aliphatic heterocycles. The van der Waals surface area contributed by atoms with Crippen LogP contribution in [0.15, 0.2) is 0 Å². The number of likely N-dealkylation sites (tertiary alicyclic amines) is 1. The highest BCUT2D eigenvalue weighted by Gasteiger charge is 2.67. The Labute approximate surface area is 80.5 Å². The van der Waals surface area contributed by atoms with Gasteiger partial charge in [-0.3, -0.25) is 0 Å². The maximum atomic E-state index is 2.61. The number of nitrogens with zero attached hydrogens (tertiary/aromatic N) is 1. The molecule has 0 radical (unpaired) electrons. The van der Waals surface area contributed by atoms with Gasteiger partial charge < -0.3 is 4.90 Å². The average Bonchev–Trinajstić information content (AvgIpc) is 2.63. The SMILES string of the molecule is C[C@@H]1C2[C@H]3CC(C4CC43)[C@@H]2CN1C. The molecule has 1 heterocycles. The van der Waals surface area contributed by atoms with Crippen LogP contribution in [-0.4, -0.2) is 24.5 Å². The average molecular weight is 177 g/mol. The molecule has 0 amide bonds. The third-order valence-electron chi connectivity index (χ3n) is 5.83. The Hall–Kier alpha value is -0.0400. The van der Waals surface area contributed by atoms with Gasteiger partial charge in [0.2, 0.25) is 0 Å². The zero-order valence-corrected chi connectivity index (χ0v) is 8.61. The summed E-state index contributed by atoms with van der Waals surface area (Å²) in [5.41, 5.74) is 0. The van der Waals surface area contributed by atoms with E-state index in [4.69, 9.17) is 0 Å². The van der Waals surface area contributed by atoms with Crippen molar-refractivity contribution in [1.82, 2.24) is 4.90 Å². The summed E-state index contributed by atoms with van der Waals surface area (Å²) >= 11 is 0. The highest BCUT2D eigenvalue weighted by Crippen LogP contribution is 2.71. The van der Waals surface area contributed by atoms with Crippen LogP contribution in [0.3, 0.4) is 0 Å². The van der Waals surface area contributed by atoms with E-state index >= 15 is 0 Å². The summed E-state index contributed by atoms with van der Waals surface area (Å²) in [5, 5.41) is 0. The molecule has 0 spiro atoms. The highest BCUT2D eigenvalue weighted by atomic mass is 15.2. The van der Waals surface area contributed by atoms with E-state index in [1.807, 2.05) is 0 Å². The number of hydrogen-bond donors (Lipinski definition) is 0. The minimum absolute atomic E-state index is 0.890. The third-order valence-corrected chi connectivity index (χ3v) is 5.83. The molecule has 1 saturated heterocycles. The normalized spacial score (nSPS) is 68.3. The summed E-state index contributed by atoms with van der Waals surface area (Å²) in [4.78, 5) is 2.61. The molecule has 0 aromatic heterocycles. The first kappa shape index (κ1) is 7.28. The molecule has 13 heavy (non-hydrogen) atoms. The molecule has 7 atom stereocenters. The first-order valence-electron chi connectivity index (χ1n) is 5.97. The predicted octanol–water partition coefficient (Wildman–Crippen LogP) is 1.84. The molecule has 0 N–H and O–H groups in total. The van der Waals surface area contributed by atoms with E-state index in [2.05, 4.69) is 18.9 Å². The molecule has 1 heteroatoms. The van der Waals surface area contributed by atoms with Crippen LogP contribution < -0.4 is 0 Å². The van der Waals surface area contributed by atoms with Crippen LogP contribution in [0.2, 0.25) is 0 Å². The van der Waals surface area contributed by atoms with Crippen molar-refractivity contribution >= 4 is 0 Å². The zero-order valence-electron chi connectivity index (χ0n) is 8.61. The summed E-state index contributed by atoms with van der Waals surface area (Å²) in [7, 11) is 2.33. The van der Waals surface area contributed by atoms with Crippen molar-refractivity contribution < 1.29 is 0 Å². The molecule has 2 bridgehead atoms. The van der Waals surface area contributed by atoms with Crippen LogP contribution in [0.1, 0.15) is 19.8 Å². The van der Waals surface area contributed by atoms with Crippen molar-refractivity contribution in [3.63, 3.8) is 0 Å². The van der Waals surface area contributed by atoms with Crippen LogP contribution >= 0.6 is 0 Å². The molecule has 4 aliphatic rings. The van der Waals surface area contributed by atoms with E-state index in [-0.39, 0.29) is 0 Å². The second kappa shape index (κ2) is 1.98. The summed E-state index contributed by atoms with van der Waals surface area (Å²) in [6, 6.07) is 0.890. The monoisotopic (exact) mass is 177 g/mol. The second-order valence-electron chi connectivity index (χ2n) is 6.05. The zero-order chi connectivity index (χ0) is 8.74. The Bertz CT molecular complexity index is 262. The van der Waals surface area contributed by atoms with Crippen molar-refractivity contribution in [3.05, 3.63) is 0 Å². The van der Waals surface area contributed by atoms with Gasteiger partial charge in [-0.25, -0.2) is 0 Å². The van der Waals surface area contributed by atoms with Gasteiger partial charge in [0.05, 0.1) is 0 Å². The number of fused-ring (bicyclic) bond motifs is 8. The fourth-order valence-electron chi connectivity index (χ4n) is 5.19. The van der Waals surface area contributed by atoms with Gasteiger partial charge in [-0.1, -0.05) is 0 Å². The summed E-state index contributed by atoms with van der Waals surface area (Å²) in [5.74, 6) is 6.91. The molecule has 0 aromatic carbocycles. The molecule has 3 saturated carbocycles. The lowest BCUT2D eigenvalue weighted by atomic mass is 9.79. The van der Waals surface area contributed by atoms with Crippen LogP contribution in [0.4, 0.5) is 0 Å². The minimum Gasteiger partial charge on any atom is -0.303 e.